The first-order chi connectivity index (χ1) is 7.15. The lowest BCUT2D eigenvalue weighted by atomic mass is 10.0. The van der Waals surface area contributed by atoms with Crippen molar-refractivity contribution in [3.63, 3.8) is 0 Å². The lowest BCUT2D eigenvalue weighted by Crippen LogP contribution is -2.29. The molecule has 0 aliphatic carbocycles. The molecule has 15 heavy (non-hydrogen) atoms. The summed E-state index contributed by atoms with van der Waals surface area (Å²) in [6.07, 6.45) is 0.911. The van der Waals surface area contributed by atoms with Gasteiger partial charge in [-0.15, -0.1) is 0 Å². The number of hydrogen-bond donors (Lipinski definition) is 1. The van der Waals surface area contributed by atoms with Gasteiger partial charge in [0, 0.05) is 6.04 Å². The molecule has 0 saturated carbocycles. The van der Waals surface area contributed by atoms with Gasteiger partial charge in [-0.1, -0.05) is 37.3 Å². The lowest BCUT2D eigenvalue weighted by molar-refractivity contribution is -0.138. The normalized spacial score (nSPS) is 12.7. The van der Waals surface area contributed by atoms with Crippen molar-refractivity contribution < 1.29 is 9.90 Å². The van der Waals surface area contributed by atoms with Gasteiger partial charge in [0.1, 0.15) is 0 Å². The zero-order chi connectivity index (χ0) is 11.3. The third kappa shape index (κ3) is 3.36. The van der Waals surface area contributed by atoms with Crippen molar-refractivity contribution in [2.45, 2.75) is 19.4 Å². The molecule has 0 unspecified atom stereocenters. The summed E-state index contributed by atoms with van der Waals surface area (Å²) in [6, 6.07) is 10.2. The van der Waals surface area contributed by atoms with E-state index in [4.69, 9.17) is 5.11 Å². The number of aliphatic carboxylic acids is 1. The van der Waals surface area contributed by atoms with Gasteiger partial charge in [0.2, 0.25) is 0 Å². The van der Waals surface area contributed by atoms with E-state index in [9.17, 15) is 4.79 Å². The summed E-state index contributed by atoms with van der Waals surface area (Å²) < 4.78 is 0. The van der Waals surface area contributed by atoms with Crippen LogP contribution in [0.3, 0.4) is 0 Å². The molecule has 0 bridgehead atoms. The van der Waals surface area contributed by atoms with E-state index in [1.54, 1.807) is 0 Å². The predicted octanol–water partition coefficient (Wildman–Crippen LogP) is 2.15. The molecule has 1 rings (SSSR count). The van der Waals surface area contributed by atoms with E-state index in [1.807, 2.05) is 42.3 Å². The summed E-state index contributed by atoms with van der Waals surface area (Å²) in [5.74, 6) is -0.785. The van der Waals surface area contributed by atoms with Crippen LogP contribution in [0.4, 0.5) is 0 Å². The van der Waals surface area contributed by atoms with E-state index in [0.717, 1.165) is 6.42 Å². The van der Waals surface area contributed by atoms with E-state index < -0.39 is 5.97 Å². The Hall–Kier alpha value is -1.35. The van der Waals surface area contributed by atoms with E-state index in [-0.39, 0.29) is 12.6 Å². The first kappa shape index (κ1) is 11.7. The van der Waals surface area contributed by atoms with Crippen LogP contribution in [0.25, 0.3) is 0 Å². The van der Waals surface area contributed by atoms with Gasteiger partial charge >= 0.3 is 5.97 Å². The molecule has 1 atom stereocenters. The summed E-state index contributed by atoms with van der Waals surface area (Å²) in [5.41, 5.74) is 1.17. The summed E-state index contributed by atoms with van der Waals surface area (Å²) in [7, 11) is 1.84. The minimum Gasteiger partial charge on any atom is -0.480 e. The number of nitrogens with zero attached hydrogens (tertiary/aromatic N) is 1. The highest BCUT2D eigenvalue weighted by Crippen LogP contribution is 2.21. The average molecular weight is 207 g/mol. The molecule has 0 radical (unpaired) electrons. The molecule has 0 fully saturated rings. The van der Waals surface area contributed by atoms with Crippen LogP contribution in [0.5, 0.6) is 0 Å². The smallest absolute Gasteiger partial charge is 0.317 e. The Labute approximate surface area is 90.3 Å². The first-order valence-corrected chi connectivity index (χ1v) is 5.12. The highest BCUT2D eigenvalue weighted by atomic mass is 16.4. The zero-order valence-corrected chi connectivity index (χ0v) is 9.18. The van der Waals surface area contributed by atoms with Crippen LogP contribution in [0.2, 0.25) is 0 Å². The Bertz CT molecular complexity index is 311. The molecule has 1 aromatic rings. The second-order valence-electron chi connectivity index (χ2n) is 3.64. The Morgan fingerprint density at radius 1 is 1.40 bits per heavy atom. The van der Waals surface area contributed by atoms with Gasteiger partial charge in [0.25, 0.3) is 0 Å². The third-order valence-corrected chi connectivity index (χ3v) is 2.49. The minimum absolute atomic E-state index is 0.0768. The van der Waals surface area contributed by atoms with Crippen molar-refractivity contribution in [1.82, 2.24) is 4.90 Å². The number of likely N-dealkylation sites (N-methyl/N-ethyl adjacent to an activating group) is 1. The summed E-state index contributed by atoms with van der Waals surface area (Å²) in [5, 5.41) is 8.73. The fourth-order valence-corrected chi connectivity index (χ4v) is 1.80. The van der Waals surface area contributed by atoms with Gasteiger partial charge in [-0.2, -0.15) is 0 Å². The van der Waals surface area contributed by atoms with Crippen LogP contribution in [0, 0.1) is 0 Å². The molecule has 0 heterocycles. The van der Waals surface area contributed by atoms with E-state index in [2.05, 4.69) is 6.92 Å². The van der Waals surface area contributed by atoms with Crippen LogP contribution in [0.1, 0.15) is 24.9 Å². The van der Waals surface area contributed by atoms with Crippen LogP contribution in [-0.4, -0.2) is 29.6 Å². The monoisotopic (exact) mass is 207 g/mol. The van der Waals surface area contributed by atoms with Gasteiger partial charge < -0.3 is 5.11 Å². The van der Waals surface area contributed by atoms with Crippen molar-refractivity contribution >= 4 is 5.97 Å². The molecular formula is C12H17NO2. The van der Waals surface area contributed by atoms with E-state index in [0.29, 0.717) is 0 Å². The van der Waals surface area contributed by atoms with Crippen LogP contribution in [-0.2, 0) is 4.79 Å². The molecule has 0 aromatic heterocycles. The highest BCUT2D eigenvalue weighted by Gasteiger charge is 2.16. The number of carboxylic acids is 1. The molecule has 0 spiro atoms. The molecular weight excluding hydrogens is 190 g/mol. The fraction of sp³-hybridized carbons (Fsp3) is 0.417. The van der Waals surface area contributed by atoms with Crippen molar-refractivity contribution in [2.24, 2.45) is 0 Å². The Morgan fingerprint density at radius 2 is 2.00 bits per heavy atom. The number of carbonyl (C=O) groups is 1. The summed E-state index contributed by atoms with van der Waals surface area (Å²) in [6.45, 7) is 2.14. The Balaban J connectivity index is 2.75. The Morgan fingerprint density at radius 3 is 2.47 bits per heavy atom. The maximum absolute atomic E-state index is 10.6. The van der Waals surface area contributed by atoms with Crippen LogP contribution < -0.4 is 0 Å². The number of benzene rings is 1. The highest BCUT2D eigenvalue weighted by molar-refractivity contribution is 5.69. The standard InChI is InChI=1S/C12H17NO2/c1-3-11(13(2)9-12(14)15)10-7-5-4-6-8-10/h4-8,11H,3,9H2,1-2H3,(H,14,15)/t11-/m1/s1. The molecule has 0 amide bonds. The second kappa shape index (κ2) is 5.51. The van der Waals surface area contributed by atoms with Crippen LogP contribution in [0.15, 0.2) is 30.3 Å². The van der Waals surface area contributed by atoms with Crippen molar-refractivity contribution in [2.75, 3.05) is 13.6 Å². The largest absolute Gasteiger partial charge is 0.480 e. The number of hydrogen-bond acceptors (Lipinski definition) is 2. The maximum atomic E-state index is 10.6. The quantitative estimate of drug-likeness (QED) is 0.804. The topological polar surface area (TPSA) is 40.5 Å². The molecule has 0 aliphatic heterocycles. The number of carboxylic acid groups (broad SMARTS) is 1. The van der Waals surface area contributed by atoms with Gasteiger partial charge in [-0.3, -0.25) is 9.69 Å². The molecule has 82 valence electrons. The Kier molecular flexibility index (Phi) is 4.31. The molecule has 1 N–H and O–H groups in total. The van der Waals surface area contributed by atoms with Crippen LogP contribution >= 0.6 is 0 Å². The fourth-order valence-electron chi connectivity index (χ4n) is 1.80. The van der Waals surface area contributed by atoms with E-state index in [1.165, 1.54) is 5.56 Å². The van der Waals surface area contributed by atoms with Gasteiger partial charge in [0.05, 0.1) is 6.54 Å². The zero-order valence-electron chi connectivity index (χ0n) is 9.18. The number of rotatable bonds is 5. The molecule has 3 nitrogen and oxygen atoms in total. The molecule has 0 aliphatic rings. The third-order valence-electron chi connectivity index (χ3n) is 2.49. The average Bonchev–Trinajstić information content (AvgIpc) is 2.19. The van der Waals surface area contributed by atoms with E-state index >= 15 is 0 Å². The SMILES string of the molecule is CC[C@H](c1ccccc1)N(C)CC(=O)O. The van der Waals surface area contributed by atoms with Crippen molar-refractivity contribution in [1.29, 1.82) is 0 Å². The molecule has 0 saturated heterocycles. The van der Waals surface area contributed by atoms with Crippen molar-refractivity contribution in [3.05, 3.63) is 35.9 Å². The van der Waals surface area contributed by atoms with Gasteiger partial charge in [-0.05, 0) is 19.0 Å². The van der Waals surface area contributed by atoms with Gasteiger partial charge in [-0.25, -0.2) is 0 Å². The lowest BCUT2D eigenvalue weighted by Gasteiger charge is -2.25. The minimum atomic E-state index is -0.785. The summed E-state index contributed by atoms with van der Waals surface area (Å²) in [4.78, 5) is 12.5. The molecule has 1 aromatic carbocycles. The summed E-state index contributed by atoms with van der Waals surface area (Å²) >= 11 is 0. The molecule has 3 heteroatoms. The van der Waals surface area contributed by atoms with Crippen molar-refractivity contribution in [3.8, 4) is 0 Å². The predicted molar refractivity (Wildman–Crippen MR) is 59.7 cm³/mol. The van der Waals surface area contributed by atoms with Gasteiger partial charge in [0.15, 0.2) is 0 Å². The maximum Gasteiger partial charge on any atom is 0.317 e. The second-order valence-corrected chi connectivity index (χ2v) is 3.64. The first-order valence-electron chi connectivity index (χ1n) is 5.12.